The van der Waals surface area contributed by atoms with Gasteiger partial charge in [-0.2, -0.15) is 0 Å². The third-order valence-electron chi connectivity index (χ3n) is 8.63. The van der Waals surface area contributed by atoms with Gasteiger partial charge in [-0.05, 0) is 96.9 Å². The van der Waals surface area contributed by atoms with E-state index in [0.29, 0.717) is 0 Å². The van der Waals surface area contributed by atoms with Crippen molar-refractivity contribution in [1.82, 2.24) is 19.1 Å². The minimum absolute atomic E-state index is 0.934. The highest BCUT2D eigenvalue weighted by molar-refractivity contribution is 6.25. The summed E-state index contributed by atoms with van der Waals surface area (Å²) in [6.07, 6.45) is 13.4. The molecular weight excluding hydrogens is 548 g/mol. The van der Waals surface area contributed by atoms with Crippen LogP contribution in [-0.2, 0) is 0 Å². The van der Waals surface area contributed by atoms with Crippen LogP contribution < -0.4 is 0 Å². The van der Waals surface area contributed by atoms with Gasteiger partial charge in [0.05, 0.1) is 27.9 Å². The normalized spacial score (nSPS) is 12.4. The molecule has 0 unspecified atom stereocenters. The number of hydrogen-bond donors (Lipinski definition) is 0. The van der Waals surface area contributed by atoms with E-state index in [4.69, 9.17) is 9.97 Å². The van der Waals surface area contributed by atoms with Crippen molar-refractivity contribution in [3.8, 4) is 28.2 Å². The van der Waals surface area contributed by atoms with Crippen LogP contribution in [0.4, 0.5) is 0 Å². The first-order valence-electron chi connectivity index (χ1n) is 15.5. The van der Waals surface area contributed by atoms with Gasteiger partial charge in [0.25, 0.3) is 0 Å². The van der Waals surface area contributed by atoms with Crippen LogP contribution in [0.2, 0.25) is 0 Å². The molecule has 4 aromatic heterocycles. The van der Waals surface area contributed by atoms with Gasteiger partial charge in [-0.3, -0.25) is 9.97 Å². The first-order valence-corrected chi connectivity index (χ1v) is 15.5. The molecule has 0 aliphatic rings. The molecule has 4 nitrogen and oxygen atoms in total. The fourth-order valence-electron chi connectivity index (χ4n) is 6.73. The average molecular weight is 581 g/mol. The van der Waals surface area contributed by atoms with E-state index in [1.165, 1.54) is 49.2 Å². The van der Waals surface area contributed by atoms with Crippen molar-refractivity contribution < 1.29 is 0 Å². The maximum absolute atomic E-state index is 4.70. The summed E-state index contributed by atoms with van der Waals surface area (Å²) in [7, 11) is 0. The second kappa shape index (κ2) is 11.1. The Morgan fingerprint density at radius 2 is 1.33 bits per heavy atom. The minimum Gasteiger partial charge on any atom is -0.317 e. The van der Waals surface area contributed by atoms with Crippen molar-refractivity contribution in [2.45, 2.75) is 20.3 Å². The molecular formula is C41H32N4. The fourth-order valence-corrected chi connectivity index (χ4v) is 6.73. The lowest BCUT2D eigenvalue weighted by Gasteiger charge is -2.13. The van der Waals surface area contributed by atoms with Crippen LogP contribution in [0.3, 0.4) is 0 Å². The van der Waals surface area contributed by atoms with Crippen LogP contribution in [-0.4, -0.2) is 19.1 Å². The summed E-state index contributed by atoms with van der Waals surface area (Å²) in [4.78, 5) is 9.40. The van der Waals surface area contributed by atoms with Crippen molar-refractivity contribution in [3.05, 3.63) is 146 Å². The van der Waals surface area contributed by atoms with Gasteiger partial charge in [0.15, 0.2) is 0 Å². The average Bonchev–Trinajstić information content (AvgIpc) is 3.68. The largest absolute Gasteiger partial charge is 0.317 e. The summed E-state index contributed by atoms with van der Waals surface area (Å²) in [6, 6.07) is 39.0. The van der Waals surface area contributed by atoms with Crippen LogP contribution in [0.25, 0.3) is 77.4 Å². The summed E-state index contributed by atoms with van der Waals surface area (Å²) in [6.45, 7) is 4.25. The molecule has 45 heavy (non-hydrogen) atoms. The Hall–Kier alpha value is -5.74. The summed E-state index contributed by atoms with van der Waals surface area (Å²) in [5.41, 5.74) is 9.82. The van der Waals surface area contributed by atoms with Gasteiger partial charge < -0.3 is 9.13 Å². The van der Waals surface area contributed by atoms with Crippen molar-refractivity contribution in [2.75, 3.05) is 0 Å². The number of allylic oxidation sites excluding steroid dienone is 4. The van der Waals surface area contributed by atoms with Gasteiger partial charge in [0.2, 0.25) is 0 Å². The zero-order valence-corrected chi connectivity index (χ0v) is 25.4. The highest BCUT2D eigenvalue weighted by Crippen LogP contribution is 2.40. The van der Waals surface area contributed by atoms with Crippen LogP contribution in [0, 0.1) is 0 Å². The molecule has 0 spiro atoms. The molecule has 0 aliphatic carbocycles. The maximum atomic E-state index is 4.70. The van der Waals surface area contributed by atoms with Crippen LogP contribution in [0.15, 0.2) is 146 Å². The van der Waals surface area contributed by atoms with Crippen molar-refractivity contribution >= 4 is 49.2 Å². The van der Waals surface area contributed by atoms with E-state index in [9.17, 15) is 0 Å². The number of hydrogen-bond acceptors (Lipinski definition) is 2. The number of pyridine rings is 2. The molecule has 4 heteroatoms. The predicted octanol–water partition coefficient (Wildman–Crippen LogP) is 10.8. The van der Waals surface area contributed by atoms with E-state index >= 15 is 0 Å². The first-order chi connectivity index (χ1) is 22.2. The molecule has 0 aliphatic heterocycles. The Morgan fingerprint density at radius 1 is 0.644 bits per heavy atom. The highest BCUT2D eigenvalue weighted by Gasteiger charge is 2.18. The second-order valence-corrected chi connectivity index (χ2v) is 11.3. The quantitative estimate of drug-likeness (QED) is 0.183. The molecule has 8 rings (SSSR count). The molecule has 216 valence electrons. The highest BCUT2D eigenvalue weighted by atomic mass is 15.0. The van der Waals surface area contributed by atoms with Crippen molar-refractivity contribution in [1.29, 1.82) is 0 Å². The molecule has 0 saturated carbocycles. The maximum Gasteiger partial charge on any atom is 0.0702 e. The van der Waals surface area contributed by atoms with E-state index in [-0.39, 0.29) is 0 Å². The summed E-state index contributed by atoms with van der Waals surface area (Å²) < 4.78 is 4.69. The minimum atomic E-state index is 0.934. The number of nitrogens with zero attached hydrogens (tertiary/aromatic N) is 4. The summed E-state index contributed by atoms with van der Waals surface area (Å²) in [5.74, 6) is 0. The Kier molecular flexibility index (Phi) is 6.61. The van der Waals surface area contributed by atoms with Crippen LogP contribution in [0.5, 0.6) is 0 Å². The van der Waals surface area contributed by atoms with E-state index in [0.717, 1.165) is 34.6 Å². The van der Waals surface area contributed by atoms with E-state index in [1.807, 2.05) is 36.7 Å². The summed E-state index contributed by atoms with van der Waals surface area (Å²) >= 11 is 0. The number of aromatic nitrogens is 4. The molecule has 0 radical (unpaired) electrons. The lowest BCUT2D eigenvalue weighted by Crippen LogP contribution is -1.97. The number of para-hydroxylation sites is 1. The van der Waals surface area contributed by atoms with E-state index < -0.39 is 0 Å². The van der Waals surface area contributed by atoms with Gasteiger partial charge in [0, 0.05) is 57.3 Å². The number of fused-ring (bicyclic) bond motifs is 7. The van der Waals surface area contributed by atoms with E-state index in [1.54, 1.807) is 0 Å². The first kappa shape index (κ1) is 26.9. The number of benzene rings is 4. The van der Waals surface area contributed by atoms with Gasteiger partial charge in [0.1, 0.15) is 0 Å². The molecule has 0 N–H and O–H groups in total. The fraction of sp³-hybridized carbons (Fsp3) is 0.0732. The Bertz CT molecular complexity index is 2350. The van der Waals surface area contributed by atoms with Crippen molar-refractivity contribution in [3.63, 3.8) is 0 Å². The zero-order valence-electron chi connectivity index (χ0n) is 25.4. The zero-order chi connectivity index (χ0) is 30.3. The molecule has 0 atom stereocenters. The van der Waals surface area contributed by atoms with Gasteiger partial charge >= 0.3 is 0 Å². The molecule has 8 aromatic rings. The molecule has 0 saturated heterocycles. The SMILES string of the molecule is C/C=C\C(=C/CC)n1ccc2c3ccc4c(c3ccc21)c1ccccc1n4-c1cc(-c2ccccn2)cc(-c2ccccn2)c1. The molecule has 4 aromatic carbocycles. The Labute approximate surface area is 262 Å². The van der Waals surface area contributed by atoms with Gasteiger partial charge in [-0.25, -0.2) is 0 Å². The standard InChI is InChI=1S/C41H32N4/c1-3-11-30(12-4-2)44-24-21-33-32-17-20-40-41(34(32)18-19-38(33)44)35-13-5-6-16-39(35)45(40)31-26-28(36-14-7-9-22-42-36)25-29(27-31)37-15-8-10-23-43-37/h3,5-27H,4H2,1-2H3/b11-3-,30-12+. The third-order valence-corrected chi connectivity index (χ3v) is 8.63. The topological polar surface area (TPSA) is 35.6 Å². The molecule has 0 bridgehead atoms. The number of rotatable bonds is 6. The lowest BCUT2D eigenvalue weighted by atomic mass is 10.0. The second-order valence-electron chi connectivity index (χ2n) is 11.3. The molecule has 4 heterocycles. The van der Waals surface area contributed by atoms with Crippen LogP contribution >= 0.6 is 0 Å². The summed E-state index contributed by atoms with van der Waals surface area (Å²) in [5, 5.41) is 6.27. The molecule has 0 amide bonds. The Balaban J connectivity index is 1.42. The van der Waals surface area contributed by atoms with Gasteiger partial charge in [-0.15, -0.1) is 0 Å². The lowest BCUT2D eigenvalue weighted by molar-refractivity contribution is 1.13. The van der Waals surface area contributed by atoms with Crippen molar-refractivity contribution in [2.24, 2.45) is 0 Å². The Morgan fingerprint density at radius 3 is 2.02 bits per heavy atom. The van der Waals surface area contributed by atoms with E-state index in [2.05, 4.69) is 132 Å². The molecule has 0 fully saturated rings. The van der Waals surface area contributed by atoms with Crippen LogP contribution in [0.1, 0.15) is 20.3 Å². The smallest absolute Gasteiger partial charge is 0.0702 e. The third kappa shape index (κ3) is 4.46. The monoisotopic (exact) mass is 580 g/mol. The van der Waals surface area contributed by atoms with Gasteiger partial charge in [-0.1, -0.05) is 61.5 Å². The predicted molar refractivity (Wildman–Crippen MR) is 190 cm³/mol.